The first-order chi connectivity index (χ1) is 25.8. The van der Waals surface area contributed by atoms with Crippen LogP contribution in [-0.4, -0.2) is 0 Å². The molecule has 0 unspecified atom stereocenters. The smallest absolute Gasteiger partial charge is 0.0719 e. The summed E-state index contributed by atoms with van der Waals surface area (Å²) in [6, 6.07) is 72.3. The molecule has 0 spiro atoms. The topological polar surface area (TPSA) is 0 Å². The molecule has 0 aliphatic heterocycles. The predicted octanol–water partition coefficient (Wildman–Crippen LogP) is 14.1. The van der Waals surface area contributed by atoms with Crippen LogP contribution in [0.4, 0.5) is 0 Å². The molecule has 0 atom stereocenters. The highest BCUT2D eigenvalue weighted by atomic mass is 32.1. The van der Waals surface area contributed by atoms with E-state index in [-0.39, 0.29) is 0 Å². The maximum absolute atomic E-state index is 2.48. The second-order valence-electron chi connectivity index (χ2n) is 13.9. The molecule has 1 aliphatic rings. The zero-order valence-electron chi connectivity index (χ0n) is 28.4. The number of fused-ring (bicyclic) bond motifs is 10. The normalized spacial score (nSPS) is 13.2. The Balaban J connectivity index is 1.29. The van der Waals surface area contributed by atoms with Crippen LogP contribution in [0, 0.1) is 0 Å². The van der Waals surface area contributed by atoms with E-state index in [2.05, 4.69) is 194 Å². The second kappa shape index (κ2) is 11.4. The van der Waals surface area contributed by atoms with Crippen molar-refractivity contribution in [3.05, 3.63) is 216 Å². The summed E-state index contributed by atoms with van der Waals surface area (Å²) in [7, 11) is 0. The van der Waals surface area contributed by atoms with Gasteiger partial charge < -0.3 is 0 Å². The van der Waals surface area contributed by atoms with E-state index < -0.39 is 5.41 Å². The van der Waals surface area contributed by atoms with Gasteiger partial charge in [0.05, 0.1) is 5.41 Å². The SMILES string of the molecule is c1ccc(-c2cc3c4c(ccc3c3ccccc23)-c2cc(-c3cccc5c3sc3ccccc35)ccc2C4(c2ccccc2)c2ccccc2)cc1. The van der Waals surface area contributed by atoms with E-state index in [1.807, 2.05) is 11.3 Å². The van der Waals surface area contributed by atoms with Crippen LogP contribution in [0.2, 0.25) is 0 Å². The van der Waals surface area contributed by atoms with Crippen LogP contribution < -0.4 is 0 Å². The van der Waals surface area contributed by atoms with Crippen molar-refractivity contribution in [1.82, 2.24) is 0 Å². The maximum atomic E-state index is 2.48. The molecular formula is C51H32S. The van der Waals surface area contributed by atoms with Crippen LogP contribution in [0.5, 0.6) is 0 Å². The first-order valence-electron chi connectivity index (χ1n) is 18.0. The lowest BCUT2D eigenvalue weighted by atomic mass is 9.66. The summed E-state index contributed by atoms with van der Waals surface area (Å²) in [5.41, 5.74) is 12.4. The van der Waals surface area contributed by atoms with Gasteiger partial charge in [-0.05, 0) is 95.4 Å². The van der Waals surface area contributed by atoms with Crippen molar-refractivity contribution >= 4 is 53.1 Å². The molecule has 52 heavy (non-hydrogen) atoms. The van der Waals surface area contributed by atoms with Crippen LogP contribution in [0.1, 0.15) is 22.3 Å². The zero-order chi connectivity index (χ0) is 34.2. The quantitative estimate of drug-likeness (QED) is 0.163. The molecule has 11 rings (SSSR count). The first-order valence-corrected chi connectivity index (χ1v) is 18.8. The van der Waals surface area contributed by atoms with Gasteiger partial charge in [-0.1, -0.05) is 176 Å². The van der Waals surface area contributed by atoms with Crippen LogP contribution in [0.3, 0.4) is 0 Å². The Hall–Kier alpha value is -6.28. The van der Waals surface area contributed by atoms with Gasteiger partial charge in [-0.15, -0.1) is 11.3 Å². The third-order valence-corrected chi connectivity index (χ3v) is 12.6. The Morgan fingerprint density at radius 1 is 0.327 bits per heavy atom. The minimum absolute atomic E-state index is 0.523. The molecule has 0 amide bonds. The fourth-order valence-corrected chi connectivity index (χ4v) is 10.4. The first kappa shape index (κ1) is 29.5. The Kier molecular flexibility index (Phi) is 6.44. The molecule has 0 fully saturated rings. The summed E-state index contributed by atoms with van der Waals surface area (Å²) >= 11 is 1.90. The highest BCUT2D eigenvalue weighted by Crippen LogP contribution is 2.59. The molecule has 0 saturated carbocycles. The van der Waals surface area contributed by atoms with Gasteiger partial charge in [0.2, 0.25) is 0 Å². The van der Waals surface area contributed by atoms with E-state index in [1.165, 1.54) is 97.4 Å². The van der Waals surface area contributed by atoms with Crippen molar-refractivity contribution < 1.29 is 0 Å². The zero-order valence-corrected chi connectivity index (χ0v) is 29.2. The van der Waals surface area contributed by atoms with Gasteiger partial charge in [-0.3, -0.25) is 0 Å². The monoisotopic (exact) mass is 676 g/mol. The van der Waals surface area contributed by atoms with Crippen molar-refractivity contribution in [3.8, 4) is 33.4 Å². The molecule has 1 heterocycles. The molecular weight excluding hydrogens is 645 g/mol. The standard InChI is InChI=1S/C51H32S/c1-4-15-33(16-5-1)44-32-46-40(38-21-10-11-22-39(38)44)28-29-42-45-31-34(37-24-14-25-43-41-23-12-13-26-48(41)52-50(37)43)27-30-47(45)51(49(42)46,35-17-6-2-7-18-35)36-19-8-3-9-20-36/h1-32H. The third kappa shape index (κ3) is 4.09. The number of hydrogen-bond donors (Lipinski definition) is 0. The molecule has 0 bridgehead atoms. The van der Waals surface area contributed by atoms with Crippen LogP contribution >= 0.6 is 11.3 Å². The van der Waals surface area contributed by atoms with Gasteiger partial charge in [0.1, 0.15) is 0 Å². The minimum atomic E-state index is -0.523. The molecule has 1 aliphatic carbocycles. The fourth-order valence-electron chi connectivity index (χ4n) is 9.18. The molecule has 242 valence electrons. The van der Waals surface area contributed by atoms with Gasteiger partial charge >= 0.3 is 0 Å². The maximum Gasteiger partial charge on any atom is 0.0719 e. The number of benzene rings is 9. The third-order valence-electron chi connectivity index (χ3n) is 11.3. The van der Waals surface area contributed by atoms with E-state index in [1.54, 1.807) is 0 Å². The average Bonchev–Trinajstić information content (AvgIpc) is 3.75. The van der Waals surface area contributed by atoms with Crippen molar-refractivity contribution in [2.45, 2.75) is 5.41 Å². The van der Waals surface area contributed by atoms with Crippen LogP contribution in [0.15, 0.2) is 194 Å². The lowest BCUT2D eigenvalue weighted by Crippen LogP contribution is -2.28. The van der Waals surface area contributed by atoms with E-state index in [9.17, 15) is 0 Å². The lowest BCUT2D eigenvalue weighted by molar-refractivity contribution is 0.775. The second-order valence-corrected chi connectivity index (χ2v) is 15.0. The summed E-state index contributed by atoms with van der Waals surface area (Å²) in [6.07, 6.45) is 0. The molecule has 1 heteroatoms. The summed E-state index contributed by atoms with van der Waals surface area (Å²) in [6.45, 7) is 0. The summed E-state index contributed by atoms with van der Waals surface area (Å²) in [5, 5.41) is 7.80. The van der Waals surface area contributed by atoms with E-state index in [0.29, 0.717) is 0 Å². The van der Waals surface area contributed by atoms with Crippen LogP contribution in [-0.2, 0) is 5.41 Å². The van der Waals surface area contributed by atoms with Gasteiger partial charge in [0, 0.05) is 20.2 Å². The lowest BCUT2D eigenvalue weighted by Gasteiger charge is -2.35. The summed E-state index contributed by atoms with van der Waals surface area (Å²) in [4.78, 5) is 0. The molecule has 0 nitrogen and oxygen atoms in total. The van der Waals surface area contributed by atoms with Gasteiger partial charge in [-0.25, -0.2) is 0 Å². The van der Waals surface area contributed by atoms with Gasteiger partial charge in [0.25, 0.3) is 0 Å². The van der Waals surface area contributed by atoms with E-state index in [0.717, 1.165) is 0 Å². The molecule has 9 aromatic carbocycles. The predicted molar refractivity (Wildman–Crippen MR) is 223 cm³/mol. The largest absolute Gasteiger partial charge is 0.135 e. The Morgan fingerprint density at radius 2 is 0.942 bits per heavy atom. The summed E-state index contributed by atoms with van der Waals surface area (Å²) < 4.78 is 2.67. The Morgan fingerprint density at radius 3 is 1.69 bits per heavy atom. The highest BCUT2D eigenvalue weighted by molar-refractivity contribution is 7.26. The minimum Gasteiger partial charge on any atom is -0.135 e. The fraction of sp³-hybridized carbons (Fsp3) is 0.0196. The Labute approximate surface area is 306 Å². The number of thiophene rings is 1. The van der Waals surface area contributed by atoms with Crippen molar-refractivity contribution in [3.63, 3.8) is 0 Å². The number of rotatable bonds is 4. The van der Waals surface area contributed by atoms with Crippen molar-refractivity contribution in [2.24, 2.45) is 0 Å². The Bertz CT molecular complexity index is 2950. The molecule has 0 saturated heterocycles. The van der Waals surface area contributed by atoms with Crippen LogP contribution in [0.25, 0.3) is 75.1 Å². The molecule has 0 N–H and O–H groups in total. The van der Waals surface area contributed by atoms with Gasteiger partial charge in [-0.2, -0.15) is 0 Å². The number of hydrogen-bond acceptors (Lipinski definition) is 1. The average molecular weight is 677 g/mol. The summed E-state index contributed by atoms with van der Waals surface area (Å²) in [5.74, 6) is 0. The van der Waals surface area contributed by atoms with Crippen molar-refractivity contribution in [1.29, 1.82) is 0 Å². The van der Waals surface area contributed by atoms with E-state index in [4.69, 9.17) is 0 Å². The molecule has 1 aromatic heterocycles. The molecule has 10 aromatic rings. The molecule has 0 radical (unpaired) electrons. The highest BCUT2D eigenvalue weighted by Gasteiger charge is 2.47. The van der Waals surface area contributed by atoms with Crippen molar-refractivity contribution in [2.75, 3.05) is 0 Å². The van der Waals surface area contributed by atoms with E-state index >= 15 is 0 Å². The van der Waals surface area contributed by atoms with Gasteiger partial charge in [0.15, 0.2) is 0 Å².